The summed E-state index contributed by atoms with van der Waals surface area (Å²) in [7, 11) is 1.51. The zero-order valence-electron chi connectivity index (χ0n) is 24.4. The van der Waals surface area contributed by atoms with Crippen molar-refractivity contribution in [2.75, 3.05) is 50.5 Å². The molecule has 1 aromatic carbocycles. The summed E-state index contributed by atoms with van der Waals surface area (Å²) in [5, 5.41) is 12.7. The van der Waals surface area contributed by atoms with Crippen molar-refractivity contribution in [2.24, 2.45) is 0 Å². The van der Waals surface area contributed by atoms with Crippen LogP contribution in [0.15, 0.2) is 47.6 Å². The van der Waals surface area contributed by atoms with Gasteiger partial charge in [-0.25, -0.2) is 0 Å². The number of amides is 1. The number of fused-ring (bicyclic) bond motifs is 1. The number of nitrogens with zero attached hydrogens (tertiary/aromatic N) is 1. The number of carbonyl (C=O) groups excluding carboxylic acids is 1. The highest BCUT2D eigenvalue weighted by atomic mass is 32.2. The number of benzene rings is 1. The third-order valence-corrected chi connectivity index (χ3v) is 7.28. The van der Waals surface area contributed by atoms with Crippen molar-refractivity contribution < 1.29 is 22.7 Å². The van der Waals surface area contributed by atoms with Crippen molar-refractivity contribution in [1.82, 2.24) is 15.0 Å². The molecule has 0 aliphatic rings. The third kappa shape index (κ3) is 10.1. The molecule has 0 spiro atoms. The molecule has 1 amide bonds. The fourth-order valence-electron chi connectivity index (χ4n) is 4.35. The summed E-state index contributed by atoms with van der Waals surface area (Å²) in [5.74, 6) is 6.16. The van der Waals surface area contributed by atoms with Gasteiger partial charge in [0.2, 0.25) is 0 Å². The van der Waals surface area contributed by atoms with Crippen molar-refractivity contribution >= 4 is 34.6 Å². The Morgan fingerprint density at radius 1 is 1.00 bits per heavy atom. The Hall–Kier alpha value is -3.49. The number of carbonyl (C=O) groups is 1. The molecule has 2 heterocycles. The first-order valence-electron chi connectivity index (χ1n) is 14.3. The van der Waals surface area contributed by atoms with Gasteiger partial charge in [-0.15, -0.1) is 0 Å². The summed E-state index contributed by atoms with van der Waals surface area (Å²) in [5.41, 5.74) is -1.68. The summed E-state index contributed by atoms with van der Waals surface area (Å²) in [6.07, 6.45) is 6.79. The number of methoxy groups -OCH3 is 1. The monoisotopic (exact) mass is 603 g/mol. The smallest absolute Gasteiger partial charge is 0.447 e. The Bertz CT molecular complexity index is 1360. The number of aromatic nitrogens is 1. The summed E-state index contributed by atoms with van der Waals surface area (Å²) >= 11 is -0.174. The highest BCUT2D eigenvalue weighted by Gasteiger charge is 2.32. The molecule has 3 rings (SSSR count). The number of nitrogens with one attached hydrogen (secondary N) is 4. The van der Waals surface area contributed by atoms with Gasteiger partial charge in [-0.05, 0) is 62.3 Å². The SMILES string of the molecule is CCCCCCNC(=O)c1ccc(NCC#Cc2cc3c(NCCCNCC)cccn3c2SC(F)(F)F)c(OC)c1. The molecule has 0 saturated carbocycles. The molecule has 0 aliphatic carbocycles. The maximum atomic E-state index is 13.5. The number of ether oxygens (including phenoxy) is 1. The lowest BCUT2D eigenvalue weighted by molar-refractivity contribution is -0.0329. The lowest BCUT2D eigenvalue weighted by atomic mass is 10.1. The van der Waals surface area contributed by atoms with Crippen molar-refractivity contribution in [3.05, 3.63) is 53.7 Å². The minimum absolute atomic E-state index is 0.0175. The van der Waals surface area contributed by atoms with Gasteiger partial charge in [-0.1, -0.05) is 45.0 Å². The second-order valence-corrected chi connectivity index (χ2v) is 10.7. The first-order chi connectivity index (χ1) is 20.3. The van der Waals surface area contributed by atoms with Crippen LogP contribution in [-0.4, -0.2) is 55.6 Å². The maximum absolute atomic E-state index is 13.5. The molecule has 0 fully saturated rings. The van der Waals surface area contributed by atoms with E-state index in [2.05, 4.69) is 40.0 Å². The molecule has 0 saturated heterocycles. The highest BCUT2D eigenvalue weighted by Crippen LogP contribution is 2.40. The van der Waals surface area contributed by atoms with Crippen LogP contribution in [0, 0.1) is 11.8 Å². The number of unbranched alkanes of at least 4 members (excludes halogenated alkanes) is 3. The Kier molecular flexibility index (Phi) is 13.2. The first kappa shape index (κ1) is 33.0. The van der Waals surface area contributed by atoms with Crippen LogP contribution in [0.5, 0.6) is 5.75 Å². The highest BCUT2D eigenvalue weighted by molar-refractivity contribution is 8.00. The Balaban J connectivity index is 1.72. The third-order valence-electron chi connectivity index (χ3n) is 6.44. The van der Waals surface area contributed by atoms with Crippen molar-refractivity contribution in [3.63, 3.8) is 0 Å². The summed E-state index contributed by atoms with van der Waals surface area (Å²) in [6.45, 7) is 7.39. The van der Waals surface area contributed by atoms with Crippen LogP contribution in [0.1, 0.15) is 61.9 Å². The van der Waals surface area contributed by atoms with Gasteiger partial charge in [-0.3, -0.25) is 4.79 Å². The molecule has 228 valence electrons. The van der Waals surface area contributed by atoms with E-state index >= 15 is 0 Å². The predicted octanol–water partition coefficient (Wildman–Crippen LogP) is 6.75. The largest absolute Gasteiger partial charge is 0.495 e. The first-order valence-corrected chi connectivity index (χ1v) is 15.1. The second-order valence-electron chi connectivity index (χ2n) is 9.61. The zero-order chi connectivity index (χ0) is 30.4. The number of hydrogen-bond acceptors (Lipinski definition) is 6. The number of alkyl halides is 3. The number of rotatable bonds is 16. The van der Waals surface area contributed by atoms with Gasteiger partial charge in [0.15, 0.2) is 0 Å². The number of hydrogen-bond donors (Lipinski definition) is 4. The second kappa shape index (κ2) is 16.8. The van der Waals surface area contributed by atoms with Gasteiger partial charge in [0.05, 0.1) is 36.1 Å². The van der Waals surface area contributed by atoms with Gasteiger partial charge >= 0.3 is 5.51 Å². The van der Waals surface area contributed by atoms with Gasteiger partial charge in [0, 0.05) is 36.6 Å². The fraction of sp³-hybridized carbons (Fsp3) is 0.452. The zero-order valence-corrected chi connectivity index (χ0v) is 25.2. The molecule has 4 N–H and O–H groups in total. The molecule has 0 atom stereocenters. The van der Waals surface area contributed by atoms with Crippen LogP contribution in [0.25, 0.3) is 5.52 Å². The van der Waals surface area contributed by atoms with Crippen LogP contribution in [0.2, 0.25) is 0 Å². The van der Waals surface area contributed by atoms with Crippen LogP contribution >= 0.6 is 11.8 Å². The summed E-state index contributed by atoms with van der Waals surface area (Å²) in [4.78, 5) is 12.5. The number of halogens is 3. The molecule has 0 unspecified atom stereocenters. The lowest BCUT2D eigenvalue weighted by Crippen LogP contribution is -2.24. The van der Waals surface area contributed by atoms with E-state index in [1.54, 1.807) is 36.5 Å². The minimum atomic E-state index is -4.46. The average molecular weight is 604 g/mol. The molecule has 3 aromatic rings. The standard InChI is InChI=1S/C31H40F3N5O2S/c1-4-6-7-8-17-38-29(40)23-14-15-26(28(22-23)41-3)37-18-9-12-24-21-27-25(36-19-11-16-35-5-2)13-10-20-39(27)30(24)42-31(32,33)34/h10,13-15,20-22,35-37H,4-8,11,16-19H2,1-3H3,(H,38,40). The molecule has 42 heavy (non-hydrogen) atoms. The van der Waals surface area contributed by atoms with Crippen LogP contribution < -0.4 is 26.0 Å². The molecule has 11 heteroatoms. The van der Waals surface area contributed by atoms with Gasteiger partial charge < -0.3 is 30.4 Å². The van der Waals surface area contributed by atoms with E-state index in [4.69, 9.17) is 4.74 Å². The maximum Gasteiger partial charge on any atom is 0.447 e. The van der Waals surface area contributed by atoms with E-state index in [9.17, 15) is 18.0 Å². The topological polar surface area (TPSA) is 78.8 Å². The molecule has 0 aliphatic heterocycles. The minimum Gasteiger partial charge on any atom is -0.495 e. The van der Waals surface area contributed by atoms with Crippen molar-refractivity contribution in [3.8, 4) is 17.6 Å². The van der Waals surface area contributed by atoms with Gasteiger partial charge in [0.25, 0.3) is 5.91 Å². The van der Waals surface area contributed by atoms with E-state index in [0.29, 0.717) is 41.2 Å². The van der Waals surface area contributed by atoms with Gasteiger partial charge in [0.1, 0.15) is 10.8 Å². The van der Waals surface area contributed by atoms with Crippen LogP contribution in [-0.2, 0) is 0 Å². The van der Waals surface area contributed by atoms with E-state index < -0.39 is 5.51 Å². The van der Waals surface area contributed by atoms with E-state index in [1.807, 2.05) is 13.0 Å². The van der Waals surface area contributed by atoms with Crippen LogP contribution in [0.3, 0.4) is 0 Å². The van der Waals surface area contributed by atoms with Gasteiger partial charge in [-0.2, -0.15) is 13.2 Å². The molecular formula is C31H40F3N5O2S. The lowest BCUT2D eigenvalue weighted by Gasteiger charge is -2.11. The van der Waals surface area contributed by atoms with Crippen LogP contribution in [0.4, 0.5) is 24.5 Å². The number of pyridine rings is 1. The van der Waals surface area contributed by atoms with Crippen molar-refractivity contribution in [1.29, 1.82) is 0 Å². The van der Waals surface area contributed by atoms with E-state index in [-0.39, 0.29) is 29.2 Å². The van der Waals surface area contributed by atoms with E-state index in [0.717, 1.165) is 50.9 Å². The van der Waals surface area contributed by atoms with Crippen molar-refractivity contribution in [2.45, 2.75) is 56.5 Å². The molecule has 0 bridgehead atoms. The predicted molar refractivity (Wildman–Crippen MR) is 166 cm³/mol. The number of thioether (sulfide) groups is 1. The molecule has 7 nitrogen and oxygen atoms in total. The Morgan fingerprint density at radius 3 is 2.57 bits per heavy atom. The molecule has 0 radical (unpaired) electrons. The summed E-state index contributed by atoms with van der Waals surface area (Å²) in [6, 6.07) is 10.4. The summed E-state index contributed by atoms with van der Waals surface area (Å²) < 4.78 is 47.4. The molecule has 2 aromatic heterocycles. The Labute approximate surface area is 250 Å². The fourth-order valence-corrected chi connectivity index (χ4v) is 5.05. The normalized spacial score (nSPS) is 11.2. The van der Waals surface area contributed by atoms with E-state index in [1.165, 1.54) is 11.5 Å². The average Bonchev–Trinajstić information content (AvgIpc) is 3.31. The quantitative estimate of drug-likeness (QED) is 0.0825. The molecular weight excluding hydrogens is 563 g/mol. The number of anilines is 2. The Morgan fingerprint density at radius 2 is 1.83 bits per heavy atom.